The smallest absolute Gasteiger partial charge is 0.375 e. The lowest BCUT2D eigenvalue weighted by Crippen LogP contribution is -2.30. The van der Waals surface area contributed by atoms with E-state index < -0.39 is 23.8 Å². The highest BCUT2D eigenvalue weighted by Crippen LogP contribution is 2.23. The van der Waals surface area contributed by atoms with Crippen molar-refractivity contribution in [2.45, 2.75) is 13.0 Å². The maximum Gasteiger partial charge on any atom is 0.375 e. The largest absolute Gasteiger partial charge is 0.449 e. The zero-order valence-electron chi connectivity index (χ0n) is 13.1. The lowest BCUT2D eigenvalue weighted by molar-refractivity contribution is -0.123. The van der Waals surface area contributed by atoms with Crippen molar-refractivity contribution in [1.29, 1.82) is 0 Å². The number of fused-ring (bicyclic) bond motifs is 1. The number of amides is 1. The van der Waals surface area contributed by atoms with E-state index in [1.54, 1.807) is 24.3 Å². The molecule has 0 fully saturated rings. The Kier molecular flexibility index (Phi) is 4.72. The number of nitrogens with one attached hydrogen (secondary N) is 1. The number of rotatable bonds is 4. The van der Waals surface area contributed by atoms with Crippen molar-refractivity contribution in [2.75, 3.05) is 5.32 Å². The number of halogens is 2. The Bertz CT molecular complexity index is 920. The van der Waals surface area contributed by atoms with Crippen LogP contribution in [-0.2, 0) is 9.53 Å². The van der Waals surface area contributed by atoms with E-state index in [0.29, 0.717) is 5.58 Å². The topological polar surface area (TPSA) is 68.5 Å². The second kappa shape index (κ2) is 6.94. The van der Waals surface area contributed by atoms with E-state index in [9.17, 15) is 14.0 Å². The summed E-state index contributed by atoms with van der Waals surface area (Å²) in [6, 6.07) is 12.2. The van der Waals surface area contributed by atoms with Crippen molar-refractivity contribution in [3.8, 4) is 0 Å². The highest BCUT2D eigenvalue weighted by molar-refractivity contribution is 6.33. The molecule has 128 valence electrons. The zero-order chi connectivity index (χ0) is 18.0. The number of carbonyl (C=O) groups excluding carboxylic acids is 2. The number of ether oxygens (including phenoxy) is 1. The molecule has 1 aromatic heterocycles. The fourth-order valence-electron chi connectivity index (χ4n) is 2.18. The fourth-order valence-corrected chi connectivity index (χ4v) is 2.39. The molecule has 0 unspecified atom stereocenters. The molecule has 2 aromatic carbocycles. The van der Waals surface area contributed by atoms with Crippen LogP contribution in [0.1, 0.15) is 17.5 Å². The Labute approximate surface area is 147 Å². The van der Waals surface area contributed by atoms with Gasteiger partial charge in [0.25, 0.3) is 5.91 Å². The molecule has 0 radical (unpaired) electrons. The van der Waals surface area contributed by atoms with Gasteiger partial charge in [-0.25, -0.2) is 9.18 Å². The summed E-state index contributed by atoms with van der Waals surface area (Å²) in [5.41, 5.74) is 0.768. The minimum atomic E-state index is -1.10. The Balaban J connectivity index is 1.67. The molecule has 1 heterocycles. The maximum absolute atomic E-state index is 13.0. The number of para-hydroxylation sites is 1. The van der Waals surface area contributed by atoms with Gasteiger partial charge in [-0.15, -0.1) is 0 Å². The van der Waals surface area contributed by atoms with Crippen LogP contribution in [0.15, 0.2) is 52.9 Å². The first kappa shape index (κ1) is 17.0. The molecule has 0 bridgehead atoms. The van der Waals surface area contributed by atoms with Crippen LogP contribution < -0.4 is 5.32 Å². The van der Waals surface area contributed by atoms with Crippen LogP contribution in [0.5, 0.6) is 0 Å². The van der Waals surface area contributed by atoms with E-state index in [1.807, 2.05) is 6.07 Å². The van der Waals surface area contributed by atoms with Crippen LogP contribution >= 0.6 is 11.6 Å². The molecule has 0 aliphatic carbocycles. The summed E-state index contributed by atoms with van der Waals surface area (Å²) in [5.74, 6) is -1.88. The molecule has 7 heteroatoms. The van der Waals surface area contributed by atoms with Crippen LogP contribution in [0.3, 0.4) is 0 Å². The van der Waals surface area contributed by atoms with Gasteiger partial charge in [-0.1, -0.05) is 29.8 Å². The molecule has 3 rings (SSSR count). The number of hydrogen-bond donors (Lipinski definition) is 1. The highest BCUT2D eigenvalue weighted by atomic mass is 35.5. The Morgan fingerprint density at radius 1 is 1.20 bits per heavy atom. The lowest BCUT2D eigenvalue weighted by Gasteiger charge is -2.13. The van der Waals surface area contributed by atoms with E-state index >= 15 is 0 Å². The van der Waals surface area contributed by atoms with Crippen molar-refractivity contribution in [1.82, 2.24) is 0 Å². The summed E-state index contributed by atoms with van der Waals surface area (Å²) in [4.78, 5) is 24.2. The molecule has 0 saturated carbocycles. The molecule has 0 spiro atoms. The van der Waals surface area contributed by atoms with Gasteiger partial charge in [0.15, 0.2) is 6.10 Å². The Morgan fingerprint density at radius 3 is 2.68 bits per heavy atom. The fraction of sp³-hybridized carbons (Fsp3) is 0.111. The minimum absolute atomic E-state index is 0.000615. The Hall–Kier alpha value is -2.86. The summed E-state index contributed by atoms with van der Waals surface area (Å²) < 4.78 is 23.5. The van der Waals surface area contributed by atoms with Crippen molar-refractivity contribution >= 4 is 40.1 Å². The summed E-state index contributed by atoms with van der Waals surface area (Å²) >= 11 is 5.85. The third kappa shape index (κ3) is 3.80. The Morgan fingerprint density at radius 2 is 1.96 bits per heavy atom. The molecule has 25 heavy (non-hydrogen) atoms. The van der Waals surface area contributed by atoms with Crippen LogP contribution in [0, 0.1) is 5.82 Å². The van der Waals surface area contributed by atoms with Gasteiger partial charge in [-0.05, 0) is 37.3 Å². The molecule has 0 saturated heterocycles. The van der Waals surface area contributed by atoms with Gasteiger partial charge in [0, 0.05) is 5.39 Å². The summed E-state index contributed by atoms with van der Waals surface area (Å²) in [6.07, 6.45) is -1.10. The zero-order valence-corrected chi connectivity index (χ0v) is 13.8. The molecule has 1 amide bonds. The van der Waals surface area contributed by atoms with Crippen molar-refractivity contribution in [3.63, 3.8) is 0 Å². The van der Waals surface area contributed by atoms with E-state index in [2.05, 4.69) is 5.32 Å². The third-order valence-corrected chi connectivity index (χ3v) is 3.78. The number of furan rings is 1. The van der Waals surface area contributed by atoms with E-state index in [4.69, 9.17) is 20.8 Å². The molecule has 1 atom stereocenters. The number of anilines is 1. The average Bonchev–Trinajstić information content (AvgIpc) is 3.01. The van der Waals surface area contributed by atoms with Gasteiger partial charge in [0.2, 0.25) is 5.76 Å². The predicted molar refractivity (Wildman–Crippen MR) is 91.1 cm³/mol. The average molecular weight is 362 g/mol. The van der Waals surface area contributed by atoms with Gasteiger partial charge >= 0.3 is 5.97 Å². The molecular formula is C18H13ClFNO4. The highest BCUT2D eigenvalue weighted by Gasteiger charge is 2.22. The SMILES string of the molecule is C[C@H](OC(=O)c1cc2ccccc2o1)C(=O)Nc1ccc(F)cc1Cl. The van der Waals surface area contributed by atoms with Gasteiger partial charge < -0.3 is 14.5 Å². The maximum atomic E-state index is 13.0. The lowest BCUT2D eigenvalue weighted by atomic mass is 10.2. The number of benzene rings is 2. The molecule has 0 aliphatic heterocycles. The van der Waals surface area contributed by atoms with Crippen molar-refractivity contribution in [2.24, 2.45) is 0 Å². The van der Waals surface area contributed by atoms with Crippen LogP contribution in [-0.4, -0.2) is 18.0 Å². The van der Waals surface area contributed by atoms with Crippen LogP contribution in [0.25, 0.3) is 11.0 Å². The van der Waals surface area contributed by atoms with E-state index in [-0.39, 0.29) is 16.5 Å². The van der Waals surface area contributed by atoms with Crippen LogP contribution in [0.4, 0.5) is 10.1 Å². The first-order chi connectivity index (χ1) is 11.9. The predicted octanol–water partition coefficient (Wildman–Crippen LogP) is 4.41. The second-order valence-electron chi connectivity index (χ2n) is 5.31. The molecular weight excluding hydrogens is 349 g/mol. The van der Waals surface area contributed by atoms with Crippen molar-refractivity contribution in [3.05, 3.63) is 65.1 Å². The first-order valence-electron chi connectivity index (χ1n) is 7.39. The second-order valence-corrected chi connectivity index (χ2v) is 5.72. The molecule has 0 aliphatic rings. The normalized spacial score (nSPS) is 12.0. The quantitative estimate of drug-likeness (QED) is 0.699. The minimum Gasteiger partial charge on any atom is -0.449 e. The summed E-state index contributed by atoms with van der Waals surface area (Å²) in [6.45, 7) is 1.41. The molecule has 5 nitrogen and oxygen atoms in total. The number of hydrogen-bond acceptors (Lipinski definition) is 4. The number of esters is 1. The van der Waals surface area contributed by atoms with Gasteiger partial charge in [0.05, 0.1) is 10.7 Å². The monoisotopic (exact) mass is 361 g/mol. The molecule has 3 aromatic rings. The van der Waals surface area contributed by atoms with Gasteiger partial charge in [-0.3, -0.25) is 4.79 Å². The van der Waals surface area contributed by atoms with Crippen molar-refractivity contribution < 1.29 is 23.1 Å². The summed E-state index contributed by atoms with van der Waals surface area (Å²) in [7, 11) is 0. The molecule has 1 N–H and O–H groups in total. The van der Waals surface area contributed by atoms with E-state index in [1.165, 1.54) is 13.0 Å². The van der Waals surface area contributed by atoms with E-state index in [0.717, 1.165) is 17.5 Å². The standard InChI is InChI=1S/C18H13ClFNO4/c1-10(17(22)21-14-7-6-12(20)9-13(14)19)24-18(23)16-8-11-4-2-3-5-15(11)25-16/h2-10H,1H3,(H,21,22)/t10-/m0/s1. The van der Waals surface area contributed by atoms with Gasteiger partial charge in [0.1, 0.15) is 11.4 Å². The van der Waals surface area contributed by atoms with Crippen LogP contribution in [0.2, 0.25) is 5.02 Å². The summed E-state index contributed by atoms with van der Waals surface area (Å²) in [5, 5.41) is 3.28. The first-order valence-corrected chi connectivity index (χ1v) is 7.77. The number of carbonyl (C=O) groups is 2. The third-order valence-electron chi connectivity index (χ3n) is 3.47. The van der Waals surface area contributed by atoms with Gasteiger partial charge in [-0.2, -0.15) is 0 Å².